The summed E-state index contributed by atoms with van der Waals surface area (Å²) in [6.45, 7) is 3.58. The molecule has 0 saturated heterocycles. The van der Waals surface area contributed by atoms with Crippen molar-refractivity contribution in [2.24, 2.45) is 5.73 Å². The number of nitrogens with two attached hydrogens (primary N) is 1. The van der Waals surface area contributed by atoms with Gasteiger partial charge in [0.15, 0.2) is 11.5 Å². The average Bonchev–Trinajstić information content (AvgIpc) is 2.52. The quantitative estimate of drug-likeness (QED) is 0.802. The van der Waals surface area contributed by atoms with E-state index in [0.29, 0.717) is 36.9 Å². The minimum absolute atomic E-state index is 0.00375. The number of nitrogens with zero attached hydrogens (tertiary/aromatic N) is 1. The van der Waals surface area contributed by atoms with Crippen LogP contribution in [-0.2, 0) is 9.59 Å². The van der Waals surface area contributed by atoms with E-state index in [1.807, 2.05) is 6.92 Å². The summed E-state index contributed by atoms with van der Waals surface area (Å²) in [4.78, 5) is 25.3. The average molecular weight is 307 g/mol. The molecule has 2 amide bonds. The monoisotopic (exact) mass is 307 g/mol. The van der Waals surface area contributed by atoms with Crippen LogP contribution in [0.1, 0.15) is 13.3 Å². The van der Waals surface area contributed by atoms with Gasteiger partial charge in [-0.2, -0.15) is 0 Å². The van der Waals surface area contributed by atoms with Crippen molar-refractivity contribution in [3.05, 3.63) is 18.2 Å². The number of carbonyl (C=O) groups is 2. The maximum absolute atomic E-state index is 12.1. The predicted octanol–water partition coefficient (Wildman–Crippen LogP) is 0.594. The Morgan fingerprint density at radius 1 is 1.27 bits per heavy atom. The number of fused-ring (bicyclic) bond motifs is 1. The van der Waals surface area contributed by atoms with Gasteiger partial charge in [-0.15, -0.1) is 0 Å². The standard InChI is InChI=1S/C15H21N3O4/c1-2-18(15(20)5-6-16)10-14(19)17-11-3-4-12-13(9-11)22-8-7-21-12/h3-4,9H,2,5-8,10,16H2,1H3,(H,17,19). The van der Waals surface area contributed by atoms with Crippen LogP contribution >= 0.6 is 0 Å². The summed E-state index contributed by atoms with van der Waals surface area (Å²) in [6, 6.07) is 5.20. The Labute approximate surface area is 129 Å². The van der Waals surface area contributed by atoms with Crippen LogP contribution in [0, 0.1) is 0 Å². The highest BCUT2D eigenvalue weighted by Gasteiger charge is 2.16. The molecular formula is C15H21N3O4. The topological polar surface area (TPSA) is 93.9 Å². The molecule has 22 heavy (non-hydrogen) atoms. The zero-order chi connectivity index (χ0) is 15.9. The minimum atomic E-state index is -0.260. The molecular weight excluding hydrogens is 286 g/mol. The van der Waals surface area contributed by atoms with Gasteiger partial charge in [-0.25, -0.2) is 0 Å². The van der Waals surface area contributed by atoms with Crippen molar-refractivity contribution >= 4 is 17.5 Å². The normalized spacial score (nSPS) is 12.6. The van der Waals surface area contributed by atoms with Crippen LogP contribution in [0.15, 0.2) is 18.2 Å². The number of amides is 2. The number of rotatable bonds is 6. The third kappa shape index (κ3) is 4.11. The summed E-state index contributed by atoms with van der Waals surface area (Å²) in [7, 11) is 0. The van der Waals surface area contributed by atoms with Gasteiger partial charge in [-0.05, 0) is 19.1 Å². The smallest absolute Gasteiger partial charge is 0.243 e. The number of benzene rings is 1. The Kier molecular flexibility index (Phi) is 5.60. The molecule has 0 radical (unpaired) electrons. The van der Waals surface area contributed by atoms with E-state index in [1.54, 1.807) is 18.2 Å². The molecule has 7 heteroatoms. The van der Waals surface area contributed by atoms with Crippen molar-refractivity contribution in [2.75, 3.05) is 38.2 Å². The highest BCUT2D eigenvalue weighted by atomic mass is 16.6. The van der Waals surface area contributed by atoms with E-state index in [2.05, 4.69) is 5.32 Å². The number of hydrogen-bond acceptors (Lipinski definition) is 5. The third-order valence-electron chi connectivity index (χ3n) is 3.25. The third-order valence-corrected chi connectivity index (χ3v) is 3.25. The van der Waals surface area contributed by atoms with Crippen molar-refractivity contribution in [1.29, 1.82) is 0 Å². The summed E-state index contributed by atoms with van der Waals surface area (Å²) in [5.41, 5.74) is 5.98. The minimum Gasteiger partial charge on any atom is -0.486 e. The lowest BCUT2D eigenvalue weighted by molar-refractivity contribution is -0.134. The van der Waals surface area contributed by atoms with E-state index >= 15 is 0 Å². The van der Waals surface area contributed by atoms with Crippen molar-refractivity contribution in [3.8, 4) is 11.5 Å². The molecule has 0 fully saturated rings. The first kappa shape index (κ1) is 16.1. The zero-order valence-electron chi connectivity index (χ0n) is 12.6. The van der Waals surface area contributed by atoms with Crippen LogP contribution in [-0.4, -0.2) is 49.6 Å². The van der Waals surface area contributed by atoms with E-state index in [0.717, 1.165) is 0 Å². The van der Waals surface area contributed by atoms with E-state index in [-0.39, 0.29) is 31.3 Å². The zero-order valence-corrected chi connectivity index (χ0v) is 12.6. The molecule has 1 aromatic rings. The van der Waals surface area contributed by atoms with Gasteiger partial charge in [-0.3, -0.25) is 9.59 Å². The van der Waals surface area contributed by atoms with Crippen molar-refractivity contribution in [3.63, 3.8) is 0 Å². The molecule has 1 aromatic carbocycles. The van der Waals surface area contributed by atoms with Crippen molar-refractivity contribution < 1.29 is 19.1 Å². The van der Waals surface area contributed by atoms with Gasteiger partial charge in [0, 0.05) is 31.3 Å². The molecule has 7 nitrogen and oxygen atoms in total. The highest BCUT2D eigenvalue weighted by Crippen LogP contribution is 2.32. The molecule has 1 aliphatic heterocycles. The molecule has 0 unspecified atom stereocenters. The summed E-state index contributed by atoms with van der Waals surface area (Å²) >= 11 is 0. The fourth-order valence-electron chi connectivity index (χ4n) is 2.15. The highest BCUT2D eigenvalue weighted by molar-refractivity contribution is 5.94. The molecule has 1 aliphatic rings. The number of hydrogen-bond donors (Lipinski definition) is 2. The lowest BCUT2D eigenvalue weighted by Gasteiger charge is -2.21. The van der Waals surface area contributed by atoms with Gasteiger partial charge in [-0.1, -0.05) is 0 Å². The van der Waals surface area contributed by atoms with E-state index < -0.39 is 0 Å². The van der Waals surface area contributed by atoms with Crippen LogP contribution in [0.5, 0.6) is 11.5 Å². The number of ether oxygens (including phenoxy) is 2. The maximum Gasteiger partial charge on any atom is 0.243 e. The summed E-state index contributed by atoms with van der Waals surface area (Å²) < 4.78 is 10.9. The second-order valence-electron chi connectivity index (χ2n) is 4.85. The summed E-state index contributed by atoms with van der Waals surface area (Å²) in [5, 5.41) is 2.75. The second kappa shape index (κ2) is 7.65. The first-order valence-corrected chi connectivity index (χ1v) is 7.31. The molecule has 0 aromatic heterocycles. The molecule has 3 N–H and O–H groups in total. The molecule has 2 rings (SSSR count). The molecule has 0 spiro atoms. The predicted molar refractivity (Wildman–Crippen MR) is 82.0 cm³/mol. The summed E-state index contributed by atoms with van der Waals surface area (Å²) in [5.74, 6) is 0.888. The number of nitrogens with one attached hydrogen (secondary N) is 1. The lowest BCUT2D eigenvalue weighted by Crippen LogP contribution is -2.38. The Bertz CT molecular complexity index is 548. The molecule has 0 bridgehead atoms. The first-order chi connectivity index (χ1) is 10.6. The lowest BCUT2D eigenvalue weighted by atomic mass is 10.2. The Balaban J connectivity index is 1.95. The van der Waals surface area contributed by atoms with Crippen LogP contribution in [0.25, 0.3) is 0 Å². The van der Waals surface area contributed by atoms with Crippen LogP contribution < -0.4 is 20.5 Å². The Morgan fingerprint density at radius 3 is 2.68 bits per heavy atom. The van der Waals surface area contributed by atoms with Crippen LogP contribution in [0.4, 0.5) is 5.69 Å². The number of likely N-dealkylation sites (N-methyl/N-ethyl adjacent to an activating group) is 1. The van der Waals surface area contributed by atoms with Crippen LogP contribution in [0.3, 0.4) is 0 Å². The molecule has 0 saturated carbocycles. The number of carbonyl (C=O) groups excluding carboxylic acids is 2. The van der Waals surface area contributed by atoms with E-state index in [9.17, 15) is 9.59 Å². The van der Waals surface area contributed by atoms with Gasteiger partial charge in [0.05, 0.1) is 6.54 Å². The fourth-order valence-corrected chi connectivity index (χ4v) is 2.15. The fraction of sp³-hybridized carbons (Fsp3) is 0.467. The first-order valence-electron chi connectivity index (χ1n) is 7.31. The van der Waals surface area contributed by atoms with Gasteiger partial charge >= 0.3 is 0 Å². The van der Waals surface area contributed by atoms with Crippen molar-refractivity contribution in [2.45, 2.75) is 13.3 Å². The summed E-state index contributed by atoms with van der Waals surface area (Å²) in [6.07, 6.45) is 0.241. The van der Waals surface area contributed by atoms with Gasteiger partial charge < -0.3 is 25.4 Å². The van der Waals surface area contributed by atoms with Crippen molar-refractivity contribution in [1.82, 2.24) is 4.90 Å². The van der Waals surface area contributed by atoms with E-state index in [1.165, 1.54) is 4.90 Å². The van der Waals surface area contributed by atoms with Crippen LogP contribution in [0.2, 0.25) is 0 Å². The molecule has 1 heterocycles. The second-order valence-corrected chi connectivity index (χ2v) is 4.85. The van der Waals surface area contributed by atoms with E-state index in [4.69, 9.17) is 15.2 Å². The molecule has 0 aliphatic carbocycles. The largest absolute Gasteiger partial charge is 0.486 e. The SMILES string of the molecule is CCN(CC(=O)Nc1ccc2c(c1)OCCO2)C(=O)CCN. The van der Waals surface area contributed by atoms with Gasteiger partial charge in [0.1, 0.15) is 13.2 Å². The Morgan fingerprint density at radius 2 is 2.00 bits per heavy atom. The Hall–Kier alpha value is -2.28. The molecule has 120 valence electrons. The number of anilines is 1. The molecule has 0 atom stereocenters. The van der Waals surface area contributed by atoms with Gasteiger partial charge in [0.2, 0.25) is 11.8 Å². The van der Waals surface area contributed by atoms with Gasteiger partial charge in [0.25, 0.3) is 0 Å². The maximum atomic E-state index is 12.1.